The zero-order valence-electron chi connectivity index (χ0n) is 10.8. The Bertz CT molecular complexity index is 774. The Morgan fingerprint density at radius 2 is 2.15 bits per heavy atom. The first-order valence-corrected chi connectivity index (χ1v) is 6.21. The number of H-pyrrole nitrogens is 1. The molecule has 1 saturated heterocycles. The number of rotatable bonds is 2. The summed E-state index contributed by atoms with van der Waals surface area (Å²) < 4.78 is 1.35. The molecule has 0 spiro atoms. The maximum absolute atomic E-state index is 12.1. The smallest absolute Gasteiger partial charge is 0.335 e. The number of carbonyl (C=O) groups excluding carboxylic acids is 1. The number of hydrogen-bond acceptors (Lipinski definition) is 3. The molecule has 7 nitrogen and oxygen atoms in total. The van der Waals surface area contributed by atoms with Gasteiger partial charge in [-0.25, -0.2) is 9.59 Å². The number of imidazole rings is 1. The van der Waals surface area contributed by atoms with Gasteiger partial charge in [-0.05, 0) is 24.6 Å². The number of aromatic carboxylic acids is 1. The third-order valence-electron chi connectivity index (χ3n) is 3.68. The SMILES string of the molecule is CN1CCC(n2c(=O)[nH]c3ccc(C(=O)O)cc32)C1=O. The Morgan fingerprint density at radius 3 is 2.75 bits per heavy atom. The van der Waals surface area contributed by atoms with Crippen LogP contribution in [-0.2, 0) is 4.79 Å². The van der Waals surface area contributed by atoms with E-state index in [1.807, 2.05) is 0 Å². The van der Waals surface area contributed by atoms with Gasteiger partial charge in [0.05, 0.1) is 16.6 Å². The van der Waals surface area contributed by atoms with Gasteiger partial charge < -0.3 is 15.0 Å². The van der Waals surface area contributed by atoms with Crippen molar-refractivity contribution in [3.63, 3.8) is 0 Å². The van der Waals surface area contributed by atoms with Crippen LogP contribution in [0.15, 0.2) is 23.0 Å². The second-order valence-corrected chi connectivity index (χ2v) is 4.90. The van der Waals surface area contributed by atoms with Crippen molar-refractivity contribution in [3.8, 4) is 0 Å². The molecule has 0 radical (unpaired) electrons. The Morgan fingerprint density at radius 1 is 1.40 bits per heavy atom. The monoisotopic (exact) mass is 275 g/mol. The van der Waals surface area contributed by atoms with E-state index in [4.69, 9.17) is 5.11 Å². The van der Waals surface area contributed by atoms with E-state index in [-0.39, 0.29) is 11.5 Å². The van der Waals surface area contributed by atoms with Crippen molar-refractivity contribution in [1.29, 1.82) is 0 Å². The van der Waals surface area contributed by atoms with E-state index >= 15 is 0 Å². The van der Waals surface area contributed by atoms with Gasteiger partial charge in [0.1, 0.15) is 6.04 Å². The van der Waals surface area contributed by atoms with Crippen molar-refractivity contribution in [3.05, 3.63) is 34.2 Å². The summed E-state index contributed by atoms with van der Waals surface area (Å²) in [6, 6.07) is 3.82. The van der Waals surface area contributed by atoms with Crippen molar-refractivity contribution in [1.82, 2.24) is 14.5 Å². The highest BCUT2D eigenvalue weighted by Crippen LogP contribution is 2.25. The van der Waals surface area contributed by atoms with E-state index in [0.29, 0.717) is 24.0 Å². The summed E-state index contributed by atoms with van der Waals surface area (Å²) in [5, 5.41) is 9.03. The molecule has 1 aliphatic heterocycles. The number of nitrogens with zero attached hydrogens (tertiary/aromatic N) is 2. The molecule has 0 saturated carbocycles. The lowest BCUT2D eigenvalue weighted by atomic mass is 10.2. The molecule has 1 aromatic heterocycles. The Hall–Kier alpha value is -2.57. The van der Waals surface area contributed by atoms with Crippen LogP contribution in [0.4, 0.5) is 0 Å². The minimum absolute atomic E-state index is 0.0871. The van der Waals surface area contributed by atoms with Crippen LogP contribution in [0.5, 0.6) is 0 Å². The first-order valence-electron chi connectivity index (χ1n) is 6.21. The molecule has 7 heteroatoms. The van der Waals surface area contributed by atoms with E-state index < -0.39 is 17.7 Å². The third-order valence-corrected chi connectivity index (χ3v) is 3.68. The molecule has 2 N–H and O–H groups in total. The second-order valence-electron chi connectivity index (χ2n) is 4.90. The molecule has 2 aromatic rings. The number of hydrogen-bond donors (Lipinski definition) is 2. The molecule has 1 aliphatic rings. The molecule has 1 aromatic carbocycles. The van der Waals surface area contributed by atoms with Gasteiger partial charge in [0.25, 0.3) is 0 Å². The number of carboxylic acids is 1. The largest absolute Gasteiger partial charge is 0.478 e. The molecular weight excluding hydrogens is 262 g/mol. The van der Waals surface area contributed by atoms with Crippen molar-refractivity contribution in [2.45, 2.75) is 12.5 Å². The number of benzene rings is 1. The highest BCUT2D eigenvalue weighted by Gasteiger charge is 2.32. The van der Waals surface area contributed by atoms with E-state index in [0.717, 1.165) is 0 Å². The van der Waals surface area contributed by atoms with Crippen LogP contribution in [-0.4, -0.2) is 45.0 Å². The third kappa shape index (κ3) is 1.70. The van der Waals surface area contributed by atoms with Gasteiger partial charge in [-0.2, -0.15) is 0 Å². The molecule has 104 valence electrons. The first-order chi connectivity index (χ1) is 9.49. The molecule has 0 bridgehead atoms. The van der Waals surface area contributed by atoms with E-state index in [2.05, 4.69) is 4.98 Å². The van der Waals surface area contributed by atoms with Crippen LogP contribution in [0.3, 0.4) is 0 Å². The van der Waals surface area contributed by atoms with Gasteiger partial charge >= 0.3 is 11.7 Å². The van der Waals surface area contributed by atoms with Gasteiger partial charge in [0.15, 0.2) is 0 Å². The highest BCUT2D eigenvalue weighted by atomic mass is 16.4. The topological polar surface area (TPSA) is 95.4 Å². The summed E-state index contributed by atoms with van der Waals surface area (Å²) in [7, 11) is 1.69. The number of likely N-dealkylation sites (tertiary alicyclic amines) is 1. The maximum Gasteiger partial charge on any atom is 0.335 e. The van der Waals surface area contributed by atoms with Crippen LogP contribution >= 0.6 is 0 Å². The lowest BCUT2D eigenvalue weighted by Crippen LogP contribution is -2.29. The van der Waals surface area contributed by atoms with Crippen LogP contribution in [0.25, 0.3) is 11.0 Å². The van der Waals surface area contributed by atoms with Gasteiger partial charge in [-0.15, -0.1) is 0 Å². The Labute approximate surface area is 113 Å². The van der Waals surface area contributed by atoms with Crippen LogP contribution in [0.1, 0.15) is 22.8 Å². The fourth-order valence-electron chi connectivity index (χ4n) is 2.61. The molecule has 1 unspecified atom stereocenters. The lowest BCUT2D eigenvalue weighted by Gasteiger charge is -2.11. The van der Waals surface area contributed by atoms with Gasteiger partial charge in [0.2, 0.25) is 5.91 Å². The van der Waals surface area contributed by atoms with Crippen molar-refractivity contribution < 1.29 is 14.7 Å². The maximum atomic E-state index is 12.1. The van der Waals surface area contributed by atoms with E-state index in [1.165, 1.54) is 16.7 Å². The number of nitrogens with one attached hydrogen (secondary N) is 1. The van der Waals surface area contributed by atoms with Crippen LogP contribution < -0.4 is 5.69 Å². The minimum atomic E-state index is -1.07. The molecule has 1 fully saturated rings. The van der Waals surface area contributed by atoms with E-state index in [9.17, 15) is 14.4 Å². The quantitative estimate of drug-likeness (QED) is 0.830. The molecule has 3 rings (SSSR count). The first kappa shape index (κ1) is 12.5. The fraction of sp³-hybridized carbons (Fsp3) is 0.308. The lowest BCUT2D eigenvalue weighted by molar-refractivity contribution is -0.129. The summed E-state index contributed by atoms with van der Waals surface area (Å²) in [4.78, 5) is 39.3. The van der Waals surface area contributed by atoms with Crippen molar-refractivity contribution in [2.75, 3.05) is 13.6 Å². The zero-order valence-corrected chi connectivity index (χ0v) is 10.8. The zero-order chi connectivity index (χ0) is 14.4. The number of likely N-dealkylation sites (N-methyl/N-ethyl adjacent to an activating group) is 1. The van der Waals surface area contributed by atoms with Gasteiger partial charge in [-0.3, -0.25) is 9.36 Å². The number of aromatic nitrogens is 2. The molecule has 1 amide bonds. The number of carbonyl (C=O) groups is 2. The summed E-state index contributed by atoms with van der Waals surface area (Å²) in [6.07, 6.45) is 0.541. The Kier molecular flexibility index (Phi) is 2.63. The number of aromatic amines is 1. The summed E-state index contributed by atoms with van der Waals surface area (Å²) >= 11 is 0. The highest BCUT2D eigenvalue weighted by molar-refractivity contribution is 5.93. The number of carboxylic acid groups (broad SMARTS) is 1. The average Bonchev–Trinajstić information content (AvgIpc) is 2.89. The predicted molar refractivity (Wildman–Crippen MR) is 70.8 cm³/mol. The van der Waals surface area contributed by atoms with Crippen LogP contribution in [0.2, 0.25) is 0 Å². The average molecular weight is 275 g/mol. The molecule has 2 heterocycles. The van der Waals surface area contributed by atoms with Crippen molar-refractivity contribution in [2.24, 2.45) is 0 Å². The second kappa shape index (κ2) is 4.22. The summed E-state index contributed by atoms with van der Waals surface area (Å²) in [5.41, 5.74) is 0.672. The molecule has 20 heavy (non-hydrogen) atoms. The Balaban J connectivity index is 2.22. The normalized spacial score (nSPS) is 18.9. The van der Waals surface area contributed by atoms with Gasteiger partial charge in [0, 0.05) is 13.6 Å². The fourth-order valence-corrected chi connectivity index (χ4v) is 2.61. The number of fused-ring (bicyclic) bond motifs is 1. The van der Waals surface area contributed by atoms with E-state index in [1.54, 1.807) is 18.0 Å². The van der Waals surface area contributed by atoms with Crippen molar-refractivity contribution >= 4 is 22.9 Å². The van der Waals surface area contributed by atoms with Crippen LogP contribution in [0, 0.1) is 0 Å². The molecular formula is C13H13N3O4. The summed E-state index contributed by atoms with van der Waals surface area (Å²) in [5.74, 6) is -1.20. The van der Waals surface area contributed by atoms with Gasteiger partial charge in [-0.1, -0.05) is 0 Å². The summed E-state index contributed by atoms with van der Waals surface area (Å²) in [6.45, 7) is 0.585. The molecule has 0 aliphatic carbocycles. The minimum Gasteiger partial charge on any atom is -0.478 e. The predicted octanol–water partition coefficient (Wildman–Crippen LogP) is 0.431. The molecule has 1 atom stereocenters. The standard InChI is InChI=1S/C13H13N3O4/c1-15-5-4-9(11(15)17)16-10-6-7(12(18)19)2-3-8(10)14-13(16)20/h2-3,6,9H,4-5H2,1H3,(H,14,20)(H,18,19). The number of amides is 1.